The summed E-state index contributed by atoms with van der Waals surface area (Å²) in [5.41, 5.74) is 1.20. The number of ether oxygens (including phenoxy) is 1. The van der Waals surface area contributed by atoms with E-state index in [1.54, 1.807) is 11.3 Å². The van der Waals surface area contributed by atoms with Crippen molar-refractivity contribution in [3.63, 3.8) is 0 Å². The first kappa shape index (κ1) is 16.7. The molecule has 1 aromatic rings. The molecule has 0 aromatic carbocycles. The minimum absolute atomic E-state index is 0. The zero-order valence-electron chi connectivity index (χ0n) is 12.1. The van der Waals surface area contributed by atoms with Gasteiger partial charge < -0.3 is 15.0 Å². The molecule has 0 aliphatic carbocycles. The Hall–Kier alpha value is -0.620. The highest BCUT2D eigenvalue weighted by Gasteiger charge is 2.26. The zero-order chi connectivity index (χ0) is 13.8. The largest absolute Gasteiger partial charge is 0.370 e. The highest BCUT2D eigenvalue weighted by molar-refractivity contribution is 7.07. The molecule has 6 heteroatoms. The topological polar surface area (TPSA) is 41.6 Å². The van der Waals surface area contributed by atoms with Crippen molar-refractivity contribution < 1.29 is 9.53 Å². The summed E-state index contributed by atoms with van der Waals surface area (Å²) in [4.78, 5) is 14.3. The fourth-order valence-electron chi connectivity index (χ4n) is 2.98. The van der Waals surface area contributed by atoms with Crippen LogP contribution in [0.1, 0.15) is 30.9 Å². The molecule has 2 saturated heterocycles. The standard InChI is InChI=1S/C15H22N2O2S.ClH/c18-15(2-1-12-3-5-16-9-12)17-6-7-19-14(10-17)13-4-8-20-11-13;/h4,8,11-12,14,16H,1-3,5-7,9-10H2;1H. The van der Waals surface area contributed by atoms with Crippen LogP contribution in [0.3, 0.4) is 0 Å². The van der Waals surface area contributed by atoms with Gasteiger partial charge in [0.15, 0.2) is 0 Å². The second kappa shape index (κ2) is 8.13. The third kappa shape index (κ3) is 4.42. The van der Waals surface area contributed by atoms with Gasteiger partial charge in [-0.3, -0.25) is 4.79 Å². The maximum Gasteiger partial charge on any atom is 0.222 e. The maximum atomic E-state index is 12.3. The predicted molar refractivity (Wildman–Crippen MR) is 87.1 cm³/mol. The number of carbonyl (C=O) groups excluding carboxylic acids is 1. The van der Waals surface area contributed by atoms with Gasteiger partial charge in [-0.2, -0.15) is 11.3 Å². The van der Waals surface area contributed by atoms with E-state index >= 15 is 0 Å². The fraction of sp³-hybridized carbons (Fsp3) is 0.667. The molecular formula is C15H23ClN2O2S. The zero-order valence-corrected chi connectivity index (χ0v) is 13.8. The highest BCUT2D eigenvalue weighted by atomic mass is 35.5. The molecule has 0 bridgehead atoms. The summed E-state index contributed by atoms with van der Waals surface area (Å²) in [6.45, 7) is 4.28. The number of morpholine rings is 1. The molecule has 118 valence electrons. The van der Waals surface area contributed by atoms with Crippen LogP contribution in [0.5, 0.6) is 0 Å². The second-order valence-corrected chi connectivity index (χ2v) is 6.43. The van der Waals surface area contributed by atoms with Crippen LogP contribution in [0.4, 0.5) is 0 Å². The van der Waals surface area contributed by atoms with Gasteiger partial charge in [0, 0.05) is 13.0 Å². The first-order chi connectivity index (χ1) is 9.83. The molecule has 2 aliphatic rings. The summed E-state index contributed by atoms with van der Waals surface area (Å²) in [6, 6.07) is 2.09. The van der Waals surface area contributed by atoms with Crippen molar-refractivity contribution in [1.29, 1.82) is 0 Å². The van der Waals surface area contributed by atoms with Gasteiger partial charge in [-0.25, -0.2) is 0 Å². The van der Waals surface area contributed by atoms with Crippen LogP contribution in [0.15, 0.2) is 16.8 Å². The Morgan fingerprint density at radius 1 is 1.52 bits per heavy atom. The van der Waals surface area contributed by atoms with Crippen molar-refractivity contribution in [2.45, 2.75) is 25.4 Å². The molecule has 2 aliphatic heterocycles. The average molecular weight is 331 g/mol. The van der Waals surface area contributed by atoms with Crippen molar-refractivity contribution in [3.05, 3.63) is 22.4 Å². The quantitative estimate of drug-likeness (QED) is 0.922. The number of rotatable bonds is 4. The summed E-state index contributed by atoms with van der Waals surface area (Å²) >= 11 is 1.68. The maximum absolute atomic E-state index is 12.3. The van der Waals surface area contributed by atoms with Crippen molar-refractivity contribution in [2.75, 3.05) is 32.8 Å². The average Bonchev–Trinajstić information content (AvgIpc) is 3.18. The minimum atomic E-state index is 0. The highest BCUT2D eigenvalue weighted by Crippen LogP contribution is 2.25. The normalized spacial score (nSPS) is 25.6. The SMILES string of the molecule is Cl.O=C(CCC1CCNC1)N1CCOC(c2ccsc2)C1. The first-order valence-electron chi connectivity index (χ1n) is 7.45. The third-order valence-electron chi connectivity index (χ3n) is 4.26. The molecule has 2 atom stereocenters. The van der Waals surface area contributed by atoms with Crippen molar-refractivity contribution in [3.8, 4) is 0 Å². The molecular weight excluding hydrogens is 308 g/mol. The molecule has 4 nitrogen and oxygen atoms in total. The smallest absolute Gasteiger partial charge is 0.222 e. The van der Waals surface area contributed by atoms with E-state index in [1.807, 2.05) is 4.90 Å². The number of nitrogens with one attached hydrogen (secondary N) is 1. The Bertz CT molecular complexity index is 435. The van der Waals surface area contributed by atoms with E-state index < -0.39 is 0 Å². The third-order valence-corrected chi connectivity index (χ3v) is 4.96. The predicted octanol–water partition coefficient (Wildman–Crippen LogP) is 2.46. The molecule has 1 aromatic heterocycles. The van der Waals surface area contributed by atoms with E-state index in [9.17, 15) is 4.79 Å². The lowest BCUT2D eigenvalue weighted by atomic mass is 10.0. The number of thiophene rings is 1. The Kier molecular flexibility index (Phi) is 6.48. The molecule has 0 radical (unpaired) electrons. The van der Waals surface area contributed by atoms with Crippen LogP contribution in [0, 0.1) is 5.92 Å². The molecule has 1 N–H and O–H groups in total. The second-order valence-electron chi connectivity index (χ2n) is 5.65. The molecule has 21 heavy (non-hydrogen) atoms. The van der Waals surface area contributed by atoms with Crippen molar-refractivity contribution in [2.24, 2.45) is 5.92 Å². The van der Waals surface area contributed by atoms with E-state index in [2.05, 4.69) is 22.1 Å². The molecule has 0 spiro atoms. The molecule has 3 heterocycles. The van der Waals surface area contributed by atoms with Gasteiger partial charge in [-0.05, 0) is 54.2 Å². The van der Waals surface area contributed by atoms with Gasteiger partial charge in [0.2, 0.25) is 5.91 Å². The van der Waals surface area contributed by atoms with Crippen LogP contribution in [-0.4, -0.2) is 43.6 Å². The summed E-state index contributed by atoms with van der Waals surface area (Å²) in [7, 11) is 0. The summed E-state index contributed by atoms with van der Waals surface area (Å²) < 4.78 is 5.78. The Labute approximate surface area is 136 Å². The van der Waals surface area contributed by atoms with E-state index in [-0.39, 0.29) is 18.5 Å². The van der Waals surface area contributed by atoms with Crippen LogP contribution < -0.4 is 5.32 Å². The monoisotopic (exact) mass is 330 g/mol. The lowest BCUT2D eigenvalue weighted by Crippen LogP contribution is -2.42. The Balaban J connectivity index is 0.00000161. The molecule has 3 rings (SSSR count). The number of hydrogen-bond acceptors (Lipinski definition) is 4. The van der Waals surface area contributed by atoms with Gasteiger partial charge >= 0.3 is 0 Å². The first-order valence-corrected chi connectivity index (χ1v) is 8.39. The number of amides is 1. The molecule has 1 amide bonds. The van der Waals surface area contributed by atoms with E-state index in [1.165, 1.54) is 12.0 Å². The van der Waals surface area contributed by atoms with E-state index in [0.717, 1.165) is 26.1 Å². The van der Waals surface area contributed by atoms with Crippen LogP contribution in [-0.2, 0) is 9.53 Å². The molecule has 2 fully saturated rings. The summed E-state index contributed by atoms with van der Waals surface area (Å²) in [6.07, 6.45) is 2.98. The van der Waals surface area contributed by atoms with Crippen molar-refractivity contribution >= 4 is 29.7 Å². The van der Waals surface area contributed by atoms with Gasteiger partial charge in [0.05, 0.1) is 13.2 Å². The van der Waals surface area contributed by atoms with Gasteiger partial charge in [-0.1, -0.05) is 0 Å². The lowest BCUT2D eigenvalue weighted by Gasteiger charge is -2.33. The van der Waals surface area contributed by atoms with Gasteiger partial charge in [0.25, 0.3) is 0 Å². The van der Waals surface area contributed by atoms with Crippen LogP contribution in [0.2, 0.25) is 0 Å². The van der Waals surface area contributed by atoms with Crippen molar-refractivity contribution in [1.82, 2.24) is 10.2 Å². The fourth-order valence-corrected chi connectivity index (χ4v) is 3.68. The van der Waals surface area contributed by atoms with Crippen LogP contribution in [0.25, 0.3) is 0 Å². The van der Waals surface area contributed by atoms with E-state index in [0.29, 0.717) is 31.4 Å². The summed E-state index contributed by atoms with van der Waals surface area (Å²) in [5.74, 6) is 0.980. The number of hydrogen-bond donors (Lipinski definition) is 1. The number of halogens is 1. The minimum Gasteiger partial charge on any atom is -0.370 e. The Morgan fingerprint density at radius 2 is 2.43 bits per heavy atom. The van der Waals surface area contributed by atoms with Gasteiger partial charge in [-0.15, -0.1) is 12.4 Å². The summed E-state index contributed by atoms with van der Waals surface area (Å²) in [5, 5.41) is 7.53. The van der Waals surface area contributed by atoms with Crippen LogP contribution >= 0.6 is 23.7 Å². The number of nitrogens with zero attached hydrogens (tertiary/aromatic N) is 1. The van der Waals surface area contributed by atoms with Gasteiger partial charge in [0.1, 0.15) is 6.10 Å². The number of carbonyl (C=O) groups is 1. The molecule has 0 saturated carbocycles. The van der Waals surface area contributed by atoms with E-state index in [4.69, 9.17) is 4.74 Å². The molecule has 2 unspecified atom stereocenters. The Morgan fingerprint density at radius 3 is 3.14 bits per heavy atom. The lowest BCUT2D eigenvalue weighted by molar-refractivity contribution is -0.139.